The first-order valence-electron chi connectivity index (χ1n) is 13.0. The van der Waals surface area contributed by atoms with E-state index in [0.29, 0.717) is 24.5 Å². The number of ether oxygens (including phenoxy) is 1. The van der Waals surface area contributed by atoms with Gasteiger partial charge in [0.05, 0.1) is 19.9 Å². The number of methoxy groups -OCH3 is 1. The molecular formula is C26H36N8O. The minimum atomic E-state index is 0.274. The molecule has 186 valence electrons. The molecule has 2 aromatic heterocycles. The number of fused-ring (bicyclic) bond motifs is 3. The molecule has 0 amide bonds. The van der Waals surface area contributed by atoms with Gasteiger partial charge >= 0.3 is 0 Å². The van der Waals surface area contributed by atoms with E-state index in [2.05, 4.69) is 48.8 Å². The third-order valence-corrected chi connectivity index (χ3v) is 8.02. The van der Waals surface area contributed by atoms with Crippen molar-refractivity contribution in [2.45, 2.75) is 63.7 Å². The normalized spacial score (nSPS) is 22.8. The molecule has 9 heteroatoms. The van der Waals surface area contributed by atoms with Crippen LogP contribution < -0.4 is 21.1 Å². The molecule has 1 aromatic carbocycles. The molecular weight excluding hydrogens is 440 g/mol. The molecule has 35 heavy (non-hydrogen) atoms. The molecule has 6 rings (SSSR count). The molecule has 0 unspecified atom stereocenters. The maximum Gasteiger partial charge on any atom is 0.222 e. The van der Waals surface area contributed by atoms with Gasteiger partial charge in [0, 0.05) is 43.8 Å². The second-order valence-electron chi connectivity index (χ2n) is 10.4. The summed E-state index contributed by atoms with van der Waals surface area (Å²) in [6.07, 6.45) is 9.57. The highest BCUT2D eigenvalue weighted by Gasteiger charge is 2.37. The van der Waals surface area contributed by atoms with E-state index in [-0.39, 0.29) is 5.95 Å². The molecule has 2 atom stereocenters. The maximum absolute atomic E-state index is 6.02. The first-order chi connectivity index (χ1) is 17.2. The minimum Gasteiger partial charge on any atom is -0.496 e. The van der Waals surface area contributed by atoms with Gasteiger partial charge in [0.1, 0.15) is 16.8 Å². The van der Waals surface area contributed by atoms with Gasteiger partial charge in [-0.2, -0.15) is 10.1 Å². The number of aromatic nitrogens is 4. The SMILES string of the molecule is COc1cc(CN2C[C@@H]3C[C@H]2CN3)ccc1Cn1ncc2nc(N)nc(NCC3CCCCC3)c21. The summed E-state index contributed by atoms with van der Waals surface area (Å²) in [4.78, 5) is 11.6. The number of likely N-dealkylation sites (tertiary alicyclic amines) is 1. The van der Waals surface area contributed by atoms with Crippen LogP contribution in [0.2, 0.25) is 0 Å². The molecule has 1 saturated carbocycles. The summed E-state index contributed by atoms with van der Waals surface area (Å²) in [6.45, 7) is 4.69. The number of anilines is 2. The number of benzene rings is 1. The Balaban J connectivity index is 1.22. The second kappa shape index (κ2) is 9.62. The number of nitrogens with two attached hydrogens (primary N) is 1. The number of nitrogens with one attached hydrogen (secondary N) is 2. The fourth-order valence-electron chi connectivity index (χ4n) is 6.15. The largest absolute Gasteiger partial charge is 0.496 e. The van der Waals surface area contributed by atoms with Gasteiger partial charge < -0.3 is 21.1 Å². The smallest absolute Gasteiger partial charge is 0.222 e. The fourth-order valence-corrected chi connectivity index (χ4v) is 6.15. The lowest BCUT2D eigenvalue weighted by Crippen LogP contribution is -2.42. The van der Waals surface area contributed by atoms with Crippen LogP contribution in [0.15, 0.2) is 24.4 Å². The molecule has 3 aromatic rings. The van der Waals surface area contributed by atoms with Gasteiger partial charge in [0.2, 0.25) is 5.95 Å². The summed E-state index contributed by atoms with van der Waals surface area (Å²) in [5.74, 6) is 2.61. The predicted molar refractivity (Wildman–Crippen MR) is 138 cm³/mol. The Bertz CT molecular complexity index is 1190. The van der Waals surface area contributed by atoms with Crippen LogP contribution in [0, 0.1) is 5.92 Å². The number of nitrogen functional groups attached to an aromatic ring is 1. The maximum atomic E-state index is 6.02. The summed E-state index contributed by atoms with van der Waals surface area (Å²) in [6, 6.07) is 7.89. The molecule has 3 aliphatic rings. The van der Waals surface area contributed by atoms with Crippen LogP contribution in [-0.2, 0) is 13.1 Å². The van der Waals surface area contributed by atoms with Gasteiger partial charge in [-0.1, -0.05) is 31.4 Å². The van der Waals surface area contributed by atoms with E-state index in [4.69, 9.17) is 10.5 Å². The highest BCUT2D eigenvalue weighted by atomic mass is 16.5. The van der Waals surface area contributed by atoms with Gasteiger partial charge in [-0.3, -0.25) is 9.58 Å². The van der Waals surface area contributed by atoms with E-state index in [0.717, 1.165) is 54.3 Å². The van der Waals surface area contributed by atoms with Crippen molar-refractivity contribution < 1.29 is 4.74 Å². The number of piperazine rings is 1. The number of hydrogen-bond acceptors (Lipinski definition) is 8. The van der Waals surface area contributed by atoms with Gasteiger partial charge in [0.25, 0.3) is 0 Å². The first kappa shape index (κ1) is 22.5. The molecule has 4 heterocycles. The van der Waals surface area contributed by atoms with Crippen LogP contribution in [0.25, 0.3) is 11.0 Å². The first-order valence-corrected chi connectivity index (χ1v) is 13.0. The molecule has 4 N–H and O–H groups in total. The van der Waals surface area contributed by atoms with E-state index < -0.39 is 0 Å². The van der Waals surface area contributed by atoms with Gasteiger partial charge in [0.15, 0.2) is 5.82 Å². The van der Waals surface area contributed by atoms with Crippen LogP contribution in [0.4, 0.5) is 11.8 Å². The zero-order chi connectivity index (χ0) is 23.8. The Morgan fingerprint density at radius 3 is 2.83 bits per heavy atom. The quantitative estimate of drug-likeness (QED) is 0.456. The molecule has 0 radical (unpaired) electrons. The van der Waals surface area contributed by atoms with Crippen molar-refractivity contribution in [3.63, 3.8) is 0 Å². The highest BCUT2D eigenvalue weighted by Crippen LogP contribution is 2.30. The van der Waals surface area contributed by atoms with Gasteiger partial charge in [-0.25, -0.2) is 4.98 Å². The summed E-state index contributed by atoms with van der Waals surface area (Å²) < 4.78 is 7.77. The summed E-state index contributed by atoms with van der Waals surface area (Å²) in [5.41, 5.74) is 10.0. The molecule has 2 saturated heterocycles. The Hall–Kier alpha value is -2.91. The number of nitrogens with zero attached hydrogens (tertiary/aromatic N) is 5. The Labute approximate surface area is 206 Å². The predicted octanol–water partition coefficient (Wildman–Crippen LogP) is 3.00. The molecule has 1 aliphatic carbocycles. The monoisotopic (exact) mass is 476 g/mol. The lowest BCUT2D eigenvalue weighted by atomic mass is 9.89. The zero-order valence-corrected chi connectivity index (χ0v) is 20.5. The van der Waals surface area contributed by atoms with Crippen molar-refractivity contribution >= 4 is 22.8 Å². The third kappa shape index (κ3) is 4.67. The van der Waals surface area contributed by atoms with Crippen LogP contribution in [-0.4, -0.2) is 63.5 Å². The topological polar surface area (TPSA) is 106 Å². The molecule has 0 spiro atoms. The Morgan fingerprint density at radius 2 is 2.06 bits per heavy atom. The lowest BCUT2D eigenvalue weighted by molar-refractivity contribution is 0.217. The van der Waals surface area contributed by atoms with Gasteiger partial charge in [-0.15, -0.1) is 0 Å². The Kier molecular flexibility index (Phi) is 6.20. The van der Waals surface area contributed by atoms with Crippen molar-refractivity contribution in [2.75, 3.05) is 37.8 Å². The lowest BCUT2D eigenvalue weighted by Gasteiger charge is -2.27. The van der Waals surface area contributed by atoms with Crippen molar-refractivity contribution in [3.05, 3.63) is 35.5 Å². The molecule has 9 nitrogen and oxygen atoms in total. The van der Waals surface area contributed by atoms with Crippen molar-refractivity contribution in [1.29, 1.82) is 0 Å². The zero-order valence-electron chi connectivity index (χ0n) is 20.5. The molecule has 2 aliphatic heterocycles. The van der Waals surface area contributed by atoms with E-state index in [9.17, 15) is 0 Å². The van der Waals surface area contributed by atoms with E-state index in [1.54, 1.807) is 13.3 Å². The van der Waals surface area contributed by atoms with Crippen LogP contribution in [0.5, 0.6) is 5.75 Å². The summed E-state index contributed by atoms with van der Waals surface area (Å²) in [7, 11) is 1.74. The molecule has 2 bridgehead atoms. The summed E-state index contributed by atoms with van der Waals surface area (Å²) in [5, 5.41) is 11.8. The van der Waals surface area contributed by atoms with E-state index >= 15 is 0 Å². The highest BCUT2D eigenvalue weighted by molar-refractivity contribution is 5.86. The third-order valence-electron chi connectivity index (χ3n) is 8.02. The fraction of sp³-hybridized carbons (Fsp3) is 0.577. The van der Waals surface area contributed by atoms with Crippen molar-refractivity contribution in [2.24, 2.45) is 5.92 Å². The van der Waals surface area contributed by atoms with E-state index in [1.807, 2.05) is 4.68 Å². The van der Waals surface area contributed by atoms with Gasteiger partial charge in [-0.05, 0) is 36.8 Å². The van der Waals surface area contributed by atoms with Crippen LogP contribution in [0.1, 0.15) is 49.7 Å². The standard InChI is InChI=1S/C26H36N8O/c1-35-23-9-18(14-33-16-20-10-21(33)12-28-20)7-8-19(23)15-34-24-22(13-30-34)31-26(27)32-25(24)29-11-17-5-3-2-4-6-17/h7-9,13,17,20-21,28H,2-6,10-12,14-16H2,1H3,(H3,27,29,31,32)/t20-,21-/m0/s1. The van der Waals surface area contributed by atoms with E-state index in [1.165, 1.54) is 44.1 Å². The molecule has 3 fully saturated rings. The van der Waals surface area contributed by atoms with Crippen molar-refractivity contribution in [1.82, 2.24) is 30.0 Å². The van der Waals surface area contributed by atoms with Crippen LogP contribution in [0.3, 0.4) is 0 Å². The van der Waals surface area contributed by atoms with Crippen molar-refractivity contribution in [3.8, 4) is 5.75 Å². The number of rotatable bonds is 8. The van der Waals surface area contributed by atoms with Crippen LogP contribution >= 0.6 is 0 Å². The summed E-state index contributed by atoms with van der Waals surface area (Å²) >= 11 is 0. The average Bonchev–Trinajstić information content (AvgIpc) is 3.60. The Morgan fingerprint density at radius 1 is 1.17 bits per heavy atom. The second-order valence-corrected chi connectivity index (χ2v) is 10.4. The number of hydrogen-bond donors (Lipinski definition) is 3. The minimum absolute atomic E-state index is 0.274. The average molecular weight is 477 g/mol.